The van der Waals surface area contributed by atoms with Crippen molar-refractivity contribution in [3.63, 3.8) is 0 Å². The molecule has 0 radical (unpaired) electrons. The van der Waals surface area contributed by atoms with Gasteiger partial charge in [-0.2, -0.15) is 5.26 Å². The van der Waals surface area contributed by atoms with Gasteiger partial charge in [-0.25, -0.2) is 0 Å². The lowest BCUT2D eigenvalue weighted by atomic mass is 10.1. The molecule has 2 aromatic rings. The molecule has 0 spiro atoms. The average Bonchev–Trinajstić information content (AvgIpc) is 2.65. The Morgan fingerprint density at radius 1 is 1.19 bits per heavy atom. The van der Waals surface area contributed by atoms with Crippen molar-refractivity contribution >= 4 is 45.9 Å². The molecule has 0 fully saturated rings. The summed E-state index contributed by atoms with van der Waals surface area (Å²) in [5.74, 6) is 0.673. The van der Waals surface area contributed by atoms with Gasteiger partial charge in [0.15, 0.2) is 11.5 Å². The molecule has 2 rings (SSSR count). The highest BCUT2D eigenvalue weighted by Gasteiger charge is 2.13. The Balaban J connectivity index is 2.26. The van der Waals surface area contributed by atoms with Gasteiger partial charge in [-0.1, -0.05) is 0 Å². The van der Waals surface area contributed by atoms with Crippen LogP contribution in [0, 0.1) is 14.9 Å². The summed E-state index contributed by atoms with van der Waals surface area (Å²) in [4.78, 5) is 14.4. The second-order valence-corrected chi connectivity index (χ2v) is 6.97. The molecule has 2 aromatic carbocycles. The van der Waals surface area contributed by atoms with Crippen LogP contribution in [-0.4, -0.2) is 34.2 Å². The number of hydrogen-bond donors (Lipinski definition) is 1. The van der Waals surface area contributed by atoms with E-state index < -0.39 is 5.91 Å². The zero-order chi connectivity index (χ0) is 20.0. The number of nitrogens with one attached hydrogen (secondary N) is 1. The number of benzene rings is 2. The number of carbonyl (C=O) groups is 1. The maximum absolute atomic E-state index is 12.5. The fourth-order valence-electron chi connectivity index (χ4n) is 2.38. The number of nitrogens with zero attached hydrogens (tertiary/aromatic N) is 2. The Hall–Kier alpha value is -2.73. The van der Waals surface area contributed by atoms with Gasteiger partial charge in [0.25, 0.3) is 5.91 Å². The number of halogens is 1. The van der Waals surface area contributed by atoms with E-state index in [1.165, 1.54) is 13.2 Å². The Labute approximate surface area is 172 Å². The van der Waals surface area contributed by atoms with Gasteiger partial charge in [-0.15, -0.1) is 0 Å². The van der Waals surface area contributed by atoms with E-state index in [0.29, 0.717) is 22.7 Å². The maximum Gasteiger partial charge on any atom is 0.266 e. The molecule has 6 nitrogen and oxygen atoms in total. The molecular formula is C20H20IN3O3. The molecule has 0 bridgehead atoms. The molecule has 0 aliphatic heterocycles. The summed E-state index contributed by atoms with van der Waals surface area (Å²) >= 11 is 2.12. The standard InChI is InChI=1S/C20H20IN3O3/c1-24(2)16-7-5-15(6-8-16)23-20(25)14(12-22)9-13-10-17(21)19(27-4)18(11-13)26-3/h5-11H,1-4H3,(H,23,25)/b14-9-. The van der Waals surface area contributed by atoms with Crippen LogP contribution in [-0.2, 0) is 4.79 Å². The highest BCUT2D eigenvalue weighted by Crippen LogP contribution is 2.34. The van der Waals surface area contributed by atoms with Gasteiger partial charge >= 0.3 is 0 Å². The summed E-state index contributed by atoms with van der Waals surface area (Å²) in [5, 5.41) is 12.1. The van der Waals surface area contributed by atoms with Crippen molar-refractivity contribution in [2.45, 2.75) is 0 Å². The van der Waals surface area contributed by atoms with Gasteiger partial charge in [0.2, 0.25) is 0 Å². The number of carbonyl (C=O) groups excluding carboxylic acids is 1. The van der Waals surface area contributed by atoms with Gasteiger partial charge in [0, 0.05) is 25.5 Å². The van der Waals surface area contributed by atoms with E-state index in [2.05, 4.69) is 27.9 Å². The van der Waals surface area contributed by atoms with Crippen LogP contribution in [0.2, 0.25) is 0 Å². The lowest BCUT2D eigenvalue weighted by Crippen LogP contribution is -2.14. The highest BCUT2D eigenvalue weighted by molar-refractivity contribution is 14.1. The summed E-state index contributed by atoms with van der Waals surface area (Å²) in [7, 11) is 6.98. The molecular weight excluding hydrogens is 457 g/mol. The van der Waals surface area contributed by atoms with Crippen molar-refractivity contribution in [3.05, 3.63) is 51.1 Å². The maximum atomic E-state index is 12.5. The van der Waals surface area contributed by atoms with E-state index in [-0.39, 0.29) is 5.57 Å². The summed E-state index contributed by atoms with van der Waals surface area (Å²) < 4.78 is 11.4. The number of amides is 1. The van der Waals surface area contributed by atoms with Gasteiger partial charge in [-0.3, -0.25) is 4.79 Å². The second kappa shape index (κ2) is 9.28. The minimum Gasteiger partial charge on any atom is -0.493 e. The van der Waals surface area contributed by atoms with E-state index in [4.69, 9.17) is 9.47 Å². The SMILES string of the molecule is COc1cc(/C=C(/C#N)C(=O)Nc2ccc(N(C)C)cc2)cc(I)c1OC. The molecule has 0 atom stereocenters. The van der Waals surface area contributed by atoms with E-state index in [9.17, 15) is 10.1 Å². The predicted molar refractivity (Wildman–Crippen MR) is 115 cm³/mol. The first-order valence-corrected chi connectivity index (χ1v) is 9.09. The number of ether oxygens (including phenoxy) is 2. The molecule has 0 aromatic heterocycles. The topological polar surface area (TPSA) is 74.6 Å². The zero-order valence-electron chi connectivity index (χ0n) is 15.5. The van der Waals surface area contributed by atoms with Crippen LogP contribution in [0.3, 0.4) is 0 Å². The van der Waals surface area contributed by atoms with E-state index in [1.54, 1.807) is 25.3 Å². The normalized spacial score (nSPS) is 10.7. The zero-order valence-corrected chi connectivity index (χ0v) is 17.7. The molecule has 1 N–H and O–H groups in total. The lowest BCUT2D eigenvalue weighted by molar-refractivity contribution is -0.112. The van der Waals surface area contributed by atoms with Crippen LogP contribution in [0.5, 0.6) is 11.5 Å². The van der Waals surface area contributed by atoms with Crippen LogP contribution >= 0.6 is 22.6 Å². The first kappa shape index (κ1) is 20.6. The average molecular weight is 477 g/mol. The predicted octanol–water partition coefficient (Wildman–Crippen LogP) is 3.92. The molecule has 0 aliphatic rings. The minimum absolute atomic E-state index is 0.00490. The molecule has 0 saturated carbocycles. The molecule has 0 saturated heterocycles. The number of hydrogen-bond acceptors (Lipinski definition) is 5. The van der Waals surface area contributed by atoms with Crippen LogP contribution in [0.15, 0.2) is 42.0 Å². The van der Waals surface area contributed by atoms with E-state index in [0.717, 1.165) is 9.26 Å². The lowest BCUT2D eigenvalue weighted by Gasteiger charge is -2.13. The number of rotatable bonds is 6. The summed E-state index contributed by atoms with van der Waals surface area (Å²) in [6, 6.07) is 12.9. The third kappa shape index (κ3) is 5.14. The first-order valence-electron chi connectivity index (χ1n) is 8.01. The third-order valence-electron chi connectivity index (χ3n) is 3.77. The van der Waals surface area contributed by atoms with Gasteiger partial charge < -0.3 is 19.7 Å². The molecule has 0 aliphatic carbocycles. The quantitative estimate of drug-likeness (QED) is 0.388. The molecule has 0 unspecified atom stereocenters. The minimum atomic E-state index is -0.472. The number of anilines is 2. The molecule has 0 heterocycles. The molecule has 1 amide bonds. The monoisotopic (exact) mass is 477 g/mol. The van der Waals surface area contributed by atoms with Crippen molar-refractivity contribution in [3.8, 4) is 17.6 Å². The van der Waals surface area contributed by atoms with Gasteiger partial charge in [0.05, 0.1) is 17.8 Å². The highest BCUT2D eigenvalue weighted by atomic mass is 127. The fraction of sp³-hybridized carbons (Fsp3) is 0.200. The number of methoxy groups -OCH3 is 2. The Bertz CT molecular complexity index is 900. The largest absolute Gasteiger partial charge is 0.493 e. The van der Waals surface area contributed by atoms with Crippen LogP contribution < -0.4 is 19.7 Å². The van der Waals surface area contributed by atoms with Crippen LogP contribution in [0.25, 0.3) is 6.08 Å². The second-order valence-electron chi connectivity index (χ2n) is 5.80. The van der Waals surface area contributed by atoms with Crippen molar-refractivity contribution in [1.82, 2.24) is 0 Å². The smallest absolute Gasteiger partial charge is 0.266 e. The summed E-state index contributed by atoms with van der Waals surface area (Å²) in [6.45, 7) is 0. The van der Waals surface area contributed by atoms with Crippen LogP contribution in [0.1, 0.15) is 5.56 Å². The Morgan fingerprint density at radius 3 is 2.37 bits per heavy atom. The van der Waals surface area contributed by atoms with Crippen molar-refractivity contribution in [1.29, 1.82) is 5.26 Å². The summed E-state index contributed by atoms with van der Waals surface area (Å²) in [5.41, 5.74) is 2.30. The van der Waals surface area contributed by atoms with E-state index >= 15 is 0 Å². The van der Waals surface area contributed by atoms with Crippen molar-refractivity contribution in [2.75, 3.05) is 38.5 Å². The van der Waals surface area contributed by atoms with Crippen LogP contribution in [0.4, 0.5) is 11.4 Å². The van der Waals surface area contributed by atoms with Gasteiger partial charge in [0.1, 0.15) is 11.6 Å². The van der Waals surface area contributed by atoms with Crippen molar-refractivity contribution < 1.29 is 14.3 Å². The fourth-order valence-corrected chi connectivity index (χ4v) is 3.22. The van der Waals surface area contributed by atoms with E-state index in [1.807, 2.05) is 43.3 Å². The third-order valence-corrected chi connectivity index (χ3v) is 4.57. The van der Waals surface area contributed by atoms with Crippen molar-refractivity contribution in [2.24, 2.45) is 0 Å². The molecule has 140 valence electrons. The first-order chi connectivity index (χ1) is 12.9. The Kier molecular flexibility index (Phi) is 7.07. The number of nitriles is 1. The van der Waals surface area contributed by atoms with Gasteiger partial charge in [-0.05, 0) is 70.6 Å². The summed E-state index contributed by atoms with van der Waals surface area (Å²) in [6.07, 6.45) is 1.52. The molecule has 7 heteroatoms. The molecule has 27 heavy (non-hydrogen) atoms. The Morgan fingerprint density at radius 2 is 1.85 bits per heavy atom.